The SMILES string of the molecule is COC(=O)/C=C/c1c(C)cccc1[N+](=O)[O-]. The maximum absolute atomic E-state index is 10.9. The highest BCUT2D eigenvalue weighted by Gasteiger charge is 2.12. The Kier molecular flexibility index (Phi) is 3.77. The third kappa shape index (κ3) is 2.66. The fourth-order valence-corrected chi connectivity index (χ4v) is 1.26. The molecular formula is C11H11NO4. The molecular weight excluding hydrogens is 210 g/mol. The van der Waals surface area contributed by atoms with E-state index in [0.717, 1.165) is 11.6 Å². The van der Waals surface area contributed by atoms with E-state index in [1.165, 1.54) is 19.3 Å². The Bertz CT molecular complexity index is 451. The highest BCUT2D eigenvalue weighted by Crippen LogP contribution is 2.23. The number of hydrogen-bond donors (Lipinski definition) is 0. The van der Waals surface area contributed by atoms with Crippen LogP contribution in [0.1, 0.15) is 11.1 Å². The number of hydrogen-bond acceptors (Lipinski definition) is 4. The van der Waals surface area contributed by atoms with Crippen molar-refractivity contribution in [1.29, 1.82) is 0 Å². The molecule has 0 aliphatic rings. The first kappa shape index (κ1) is 11.9. The van der Waals surface area contributed by atoms with Gasteiger partial charge in [-0.15, -0.1) is 0 Å². The summed E-state index contributed by atoms with van der Waals surface area (Å²) < 4.78 is 4.42. The molecule has 0 unspecified atom stereocenters. The number of aryl methyl sites for hydroxylation is 1. The number of ether oxygens (including phenoxy) is 1. The van der Waals surface area contributed by atoms with Crippen LogP contribution in [0, 0.1) is 17.0 Å². The van der Waals surface area contributed by atoms with Crippen LogP contribution < -0.4 is 0 Å². The molecule has 0 bridgehead atoms. The molecule has 0 aliphatic carbocycles. The predicted octanol–water partition coefficient (Wildman–Crippen LogP) is 2.09. The molecule has 0 spiro atoms. The molecule has 1 aromatic carbocycles. The van der Waals surface area contributed by atoms with Crippen molar-refractivity contribution in [3.8, 4) is 0 Å². The normalized spacial score (nSPS) is 10.4. The molecule has 0 atom stereocenters. The van der Waals surface area contributed by atoms with E-state index >= 15 is 0 Å². The number of benzene rings is 1. The molecule has 0 saturated heterocycles. The van der Waals surface area contributed by atoms with E-state index in [0.29, 0.717) is 5.56 Å². The first-order valence-corrected chi connectivity index (χ1v) is 4.56. The van der Waals surface area contributed by atoms with Gasteiger partial charge < -0.3 is 4.74 Å². The van der Waals surface area contributed by atoms with Crippen LogP contribution in [0.5, 0.6) is 0 Å². The number of nitro benzene ring substituents is 1. The summed E-state index contributed by atoms with van der Waals surface area (Å²) in [6.45, 7) is 1.74. The van der Waals surface area contributed by atoms with Crippen molar-refractivity contribution in [3.63, 3.8) is 0 Å². The van der Waals surface area contributed by atoms with Crippen molar-refractivity contribution in [2.24, 2.45) is 0 Å². The second kappa shape index (κ2) is 5.06. The second-order valence-electron chi connectivity index (χ2n) is 3.12. The van der Waals surface area contributed by atoms with Crippen LogP contribution in [0.15, 0.2) is 24.3 Å². The summed E-state index contributed by atoms with van der Waals surface area (Å²) in [5.41, 5.74) is 1.12. The van der Waals surface area contributed by atoms with Crippen LogP contribution in [0.2, 0.25) is 0 Å². The zero-order chi connectivity index (χ0) is 12.1. The van der Waals surface area contributed by atoms with Crippen LogP contribution >= 0.6 is 0 Å². The molecule has 0 N–H and O–H groups in total. The van der Waals surface area contributed by atoms with Crippen LogP contribution in [0.3, 0.4) is 0 Å². The molecule has 1 rings (SSSR count). The minimum Gasteiger partial charge on any atom is -0.466 e. The summed E-state index contributed by atoms with van der Waals surface area (Å²) in [7, 11) is 1.25. The Morgan fingerprint density at radius 2 is 2.19 bits per heavy atom. The number of rotatable bonds is 3. The third-order valence-corrected chi connectivity index (χ3v) is 2.09. The van der Waals surface area contributed by atoms with Gasteiger partial charge in [-0.1, -0.05) is 12.1 Å². The van der Waals surface area contributed by atoms with E-state index in [4.69, 9.17) is 0 Å². The third-order valence-electron chi connectivity index (χ3n) is 2.09. The lowest BCUT2D eigenvalue weighted by Gasteiger charge is -2.01. The summed E-state index contributed by atoms with van der Waals surface area (Å²) in [6, 6.07) is 4.73. The number of carbonyl (C=O) groups excluding carboxylic acids is 1. The molecule has 0 aliphatic heterocycles. The van der Waals surface area contributed by atoms with Crippen molar-refractivity contribution in [3.05, 3.63) is 45.5 Å². The summed E-state index contributed by atoms with van der Waals surface area (Å²) in [5, 5.41) is 10.7. The average molecular weight is 221 g/mol. The molecule has 0 saturated carbocycles. The fourth-order valence-electron chi connectivity index (χ4n) is 1.26. The lowest BCUT2D eigenvalue weighted by molar-refractivity contribution is -0.385. The Morgan fingerprint density at radius 3 is 2.75 bits per heavy atom. The maximum Gasteiger partial charge on any atom is 0.330 e. The van der Waals surface area contributed by atoms with Gasteiger partial charge in [-0.2, -0.15) is 0 Å². The van der Waals surface area contributed by atoms with Crippen LogP contribution in [-0.4, -0.2) is 18.0 Å². The van der Waals surface area contributed by atoms with Crippen LogP contribution in [0.4, 0.5) is 5.69 Å². The van der Waals surface area contributed by atoms with E-state index in [1.807, 2.05) is 0 Å². The molecule has 0 radical (unpaired) electrons. The van der Waals surface area contributed by atoms with Gasteiger partial charge in [0.1, 0.15) is 0 Å². The zero-order valence-corrected chi connectivity index (χ0v) is 8.97. The van der Waals surface area contributed by atoms with Gasteiger partial charge in [0.25, 0.3) is 5.69 Å². The molecule has 1 aromatic rings. The number of esters is 1. The van der Waals surface area contributed by atoms with Crippen molar-refractivity contribution in [1.82, 2.24) is 0 Å². The Hall–Kier alpha value is -2.17. The Labute approximate surface area is 92.5 Å². The average Bonchev–Trinajstić information content (AvgIpc) is 2.26. The van der Waals surface area contributed by atoms with Gasteiger partial charge >= 0.3 is 5.97 Å². The summed E-state index contributed by atoms with van der Waals surface area (Å²) in [5.74, 6) is -0.544. The largest absolute Gasteiger partial charge is 0.466 e. The zero-order valence-electron chi connectivity index (χ0n) is 8.97. The molecule has 0 heterocycles. The van der Waals surface area contributed by atoms with Crippen molar-refractivity contribution < 1.29 is 14.5 Å². The highest BCUT2D eigenvalue weighted by molar-refractivity contribution is 5.88. The lowest BCUT2D eigenvalue weighted by Crippen LogP contribution is -1.96. The fraction of sp³-hybridized carbons (Fsp3) is 0.182. The van der Waals surface area contributed by atoms with Gasteiger partial charge in [0.05, 0.1) is 17.6 Å². The van der Waals surface area contributed by atoms with Crippen molar-refractivity contribution >= 4 is 17.7 Å². The topological polar surface area (TPSA) is 69.4 Å². The molecule has 0 aromatic heterocycles. The molecule has 84 valence electrons. The van der Waals surface area contributed by atoms with Crippen molar-refractivity contribution in [2.45, 2.75) is 6.92 Å². The number of nitro groups is 1. The van der Waals surface area contributed by atoms with E-state index in [1.54, 1.807) is 19.1 Å². The predicted molar refractivity (Wildman–Crippen MR) is 58.9 cm³/mol. The Balaban J connectivity index is 3.16. The molecule has 5 nitrogen and oxygen atoms in total. The first-order valence-electron chi connectivity index (χ1n) is 4.56. The summed E-state index contributed by atoms with van der Waals surface area (Å²) in [4.78, 5) is 21.2. The van der Waals surface area contributed by atoms with E-state index in [-0.39, 0.29) is 5.69 Å². The quantitative estimate of drug-likeness (QED) is 0.339. The highest BCUT2D eigenvalue weighted by atomic mass is 16.6. The standard InChI is InChI=1S/C11H11NO4/c1-8-4-3-5-10(12(14)15)9(8)6-7-11(13)16-2/h3-7H,1-2H3/b7-6+. The van der Waals surface area contributed by atoms with E-state index in [9.17, 15) is 14.9 Å². The number of nitrogens with zero attached hydrogens (tertiary/aromatic N) is 1. The minimum atomic E-state index is -0.544. The summed E-state index contributed by atoms with van der Waals surface area (Å²) >= 11 is 0. The van der Waals surface area contributed by atoms with E-state index < -0.39 is 10.9 Å². The smallest absolute Gasteiger partial charge is 0.330 e. The van der Waals surface area contributed by atoms with E-state index in [2.05, 4.69) is 4.74 Å². The minimum absolute atomic E-state index is 0.0276. The van der Waals surface area contributed by atoms with Crippen molar-refractivity contribution in [2.75, 3.05) is 7.11 Å². The van der Waals surface area contributed by atoms with Gasteiger partial charge in [-0.3, -0.25) is 10.1 Å². The molecule has 0 fully saturated rings. The summed E-state index contributed by atoms with van der Waals surface area (Å²) in [6.07, 6.45) is 2.55. The molecule has 5 heteroatoms. The number of methoxy groups -OCH3 is 1. The van der Waals surface area contributed by atoms with Gasteiger partial charge in [0, 0.05) is 12.1 Å². The van der Waals surface area contributed by atoms with Gasteiger partial charge in [-0.25, -0.2) is 4.79 Å². The van der Waals surface area contributed by atoms with Gasteiger partial charge in [-0.05, 0) is 18.6 Å². The second-order valence-corrected chi connectivity index (χ2v) is 3.12. The Morgan fingerprint density at radius 1 is 1.50 bits per heavy atom. The lowest BCUT2D eigenvalue weighted by atomic mass is 10.1. The van der Waals surface area contributed by atoms with Crippen LogP contribution in [-0.2, 0) is 9.53 Å². The van der Waals surface area contributed by atoms with Gasteiger partial charge in [0.2, 0.25) is 0 Å². The maximum atomic E-state index is 10.9. The molecule has 0 amide bonds. The first-order chi connectivity index (χ1) is 7.56. The number of carbonyl (C=O) groups is 1. The monoisotopic (exact) mass is 221 g/mol. The molecule has 16 heavy (non-hydrogen) atoms. The van der Waals surface area contributed by atoms with Crippen LogP contribution in [0.25, 0.3) is 6.08 Å². The van der Waals surface area contributed by atoms with Gasteiger partial charge in [0.15, 0.2) is 0 Å².